The third-order valence-electron chi connectivity index (χ3n) is 6.95. The van der Waals surface area contributed by atoms with E-state index in [2.05, 4.69) is 31.9 Å². The zero-order valence-electron chi connectivity index (χ0n) is 24.5. The van der Waals surface area contributed by atoms with E-state index in [4.69, 9.17) is 9.47 Å². The van der Waals surface area contributed by atoms with Crippen LogP contribution in [0.15, 0.2) is 91.9 Å². The monoisotopic (exact) mass is 696 g/mol. The van der Waals surface area contributed by atoms with Gasteiger partial charge in [-0.25, -0.2) is 9.59 Å². The molecular formula is C34H34Br2O6. The number of ketones is 2. The first-order valence-corrected chi connectivity index (χ1v) is 15.2. The van der Waals surface area contributed by atoms with E-state index in [-0.39, 0.29) is 11.6 Å². The Morgan fingerprint density at radius 1 is 0.619 bits per heavy atom. The summed E-state index contributed by atoms with van der Waals surface area (Å²) in [6, 6.07) is 15.4. The van der Waals surface area contributed by atoms with Gasteiger partial charge in [0.2, 0.25) is 0 Å². The minimum absolute atomic E-state index is 0.0518. The molecular weight excluding hydrogens is 664 g/mol. The molecule has 2 aliphatic rings. The average Bonchev–Trinajstić information content (AvgIpc) is 3.47. The highest BCUT2D eigenvalue weighted by Gasteiger charge is 2.36. The van der Waals surface area contributed by atoms with Crippen molar-refractivity contribution < 1.29 is 28.7 Å². The maximum Gasteiger partial charge on any atom is 0.335 e. The van der Waals surface area contributed by atoms with Crippen molar-refractivity contribution >= 4 is 66.5 Å². The van der Waals surface area contributed by atoms with Gasteiger partial charge in [0.1, 0.15) is 11.6 Å². The van der Waals surface area contributed by atoms with Crippen LogP contribution < -0.4 is 0 Å². The highest BCUT2D eigenvalue weighted by molar-refractivity contribution is 9.10. The molecule has 6 nitrogen and oxygen atoms in total. The van der Waals surface area contributed by atoms with Crippen LogP contribution in [-0.2, 0) is 28.7 Å². The maximum atomic E-state index is 12.1. The van der Waals surface area contributed by atoms with Gasteiger partial charge in [0.15, 0.2) is 0 Å². The van der Waals surface area contributed by atoms with E-state index in [1.807, 2.05) is 74.5 Å². The zero-order chi connectivity index (χ0) is 31.1. The summed E-state index contributed by atoms with van der Waals surface area (Å²) in [5.41, 5.74) is 6.11. The van der Waals surface area contributed by atoms with Crippen LogP contribution >= 0.6 is 31.9 Å². The normalized spacial score (nSPS) is 17.7. The van der Waals surface area contributed by atoms with Crippen molar-refractivity contribution in [1.29, 1.82) is 0 Å². The molecule has 2 aromatic carbocycles. The van der Waals surface area contributed by atoms with E-state index in [9.17, 15) is 19.2 Å². The van der Waals surface area contributed by atoms with Crippen LogP contribution in [0.5, 0.6) is 0 Å². The molecule has 2 atom stereocenters. The number of hydrogen-bond donors (Lipinski definition) is 0. The first kappa shape index (κ1) is 33.1. The number of carbonyl (C=O) groups is 4. The summed E-state index contributed by atoms with van der Waals surface area (Å²) < 4.78 is 12.1. The summed E-state index contributed by atoms with van der Waals surface area (Å²) >= 11 is 6.79. The number of esters is 2. The van der Waals surface area contributed by atoms with Crippen LogP contribution in [0.4, 0.5) is 0 Å². The molecule has 0 amide bonds. The number of rotatable bonds is 8. The number of allylic oxidation sites excluding steroid dienone is 6. The van der Waals surface area contributed by atoms with Crippen molar-refractivity contribution in [2.24, 2.45) is 11.8 Å². The second-order valence-corrected chi connectivity index (χ2v) is 11.8. The molecule has 0 fully saturated rings. The highest BCUT2D eigenvalue weighted by atomic mass is 79.9. The predicted molar refractivity (Wildman–Crippen MR) is 171 cm³/mol. The predicted octanol–water partition coefficient (Wildman–Crippen LogP) is 7.86. The molecule has 0 saturated heterocycles. The number of Topliss-reactive ketones (excluding diaryl/α,β-unsaturated/α-hetero) is 2. The van der Waals surface area contributed by atoms with Crippen molar-refractivity contribution in [3.63, 3.8) is 0 Å². The number of ether oxygens (including phenoxy) is 2. The summed E-state index contributed by atoms with van der Waals surface area (Å²) in [6.45, 7) is 10.8. The summed E-state index contributed by atoms with van der Waals surface area (Å²) in [4.78, 5) is 48.4. The fourth-order valence-electron chi connectivity index (χ4n) is 5.16. The van der Waals surface area contributed by atoms with Crippen LogP contribution in [0.3, 0.4) is 0 Å². The molecule has 42 heavy (non-hydrogen) atoms. The molecule has 2 aliphatic carbocycles. The van der Waals surface area contributed by atoms with Gasteiger partial charge < -0.3 is 9.47 Å². The van der Waals surface area contributed by atoms with Crippen molar-refractivity contribution in [3.05, 3.63) is 103 Å². The standard InChI is InChI=1S/2C17H17BrO3/c2*1-4-21-17(20)15-10(2)9-14(16(15)11(3)19)12-5-7-13(18)8-6-12/h2*5-9,16H,4H2,1-3H3/t2*16-/m10/s1. The Kier molecular flexibility index (Phi) is 11.6. The van der Waals surface area contributed by atoms with Gasteiger partial charge in [0.05, 0.1) is 36.2 Å². The van der Waals surface area contributed by atoms with Gasteiger partial charge in [0, 0.05) is 8.95 Å². The smallest absolute Gasteiger partial charge is 0.335 e. The number of carbonyl (C=O) groups excluding carboxylic acids is 4. The second kappa shape index (κ2) is 14.7. The molecule has 0 saturated carbocycles. The molecule has 8 heteroatoms. The first-order chi connectivity index (χ1) is 19.9. The fourth-order valence-corrected chi connectivity index (χ4v) is 5.69. The lowest BCUT2D eigenvalue weighted by molar-refractivity contribution is -0.140. The quantitative estimate of drug-likeness (QED) is 0.261. The summed E-state index contributed by atoms with van der Waals surface area (Å²) in [5, 5.41) is 0. The molecule has 0 N–H and O–H groups in total. The molecule has 0 heterocycles. The van der Waals surface area contributed by atoms with Gasteiger partial charge in [0.25, 0.3) is 0 Å². The van der Waals surface area contributed by atoms with E-state index in [1.54, 1.807) is 13.8 Å². The van der Waals surface area contributed by atoms with E-state index in [1.165, 1.54) is 13.8 Å². The topological polar surface area (TPSA) is 86.7 Å². The lowest BCUT2D eigenvalue weighted by Crippen LogP contribution is -2.21. The Bertz CT molecular complexity index is 1390. The van der Waals surface area contributed by atoms with Crippen molar-refractivity contribution in [2.45, 2.75) is 41.5 Å². The maximum absolute atomic E-state index is 12.1. The third-order valence-corrected chi connectivity index (χ3v) is 8.01. The van der Waals surface area contributed by atoms with E-state index in [0.29, 0.717) is 24.4 Å². The lowest BCUT2D eigenvalue weighted by atomic mass is 9.87. The summed E-state index contributed by atoms with van der Waals surface area (Å²) in [5.74, 6) is -1.99. The number of halogens is 2. The van der Waals surface area contributed by atoms with Crippen LogP contribution in [0.1, 0.15) is 52.7 Å². The molecule has 0 radical (unpaired) electrons. The Morgan fingerprint density at radius 2 is 0.929 bits per heavy atom. The Balaban J connectivity index is 0.000000230. The third kappa shape index (κ3) is 7.53. The highest BCUT2D eigenvalue weighted by Crippen LogP contribution is 2.40. The van der Waals surface area contributed by atoms with Gasteiger partial charge in [-0.3, -0.25) is 9.59 Å². The SMILES string of the molecule is CCOC(=O)C1=C(C)C=C(c2ccc(Br)cc2)[C@@H]1C(C)=O.CCOC(=O)C1=C(C)C=C(c2ccc(Br)cc2)[C@H]1C(C)=O. The summed E-state index contributed by atoms with van der Waals surface area (Å²) in [6.07, 6.45) is 3.81. The van der Waals surface area contributed by atoms with Gasteiger partial charge in [-0.05, 0) is 99.2 Å². The van der Waals surface area contributed by atoms with Gasteiger partial charge >= 0.3 is 11.9 Å². The molecule has 0 aliphatic heterocycles. The number of benzene rings is 2. The largest absolute Gasteiger partial charge is 0.463 e. The molecule has 220 valence electrons. The van der Waals surface area contributed by atoms with Gasteiger partial charge in [-0.2, -0.15) is 0 Å². The van der Waals surface area contributed by atoms with Crippen molar-refractivity contribution in [1.82, 2.24) is 0 Å². The van der Waals surface area contributed by atoms with Gasteiger partial charge in [-0.1, -0.05) is 68.3 Å². The molecule has 4 rings (SSSR count). The molecule has 2 aromatic rings. The average molecular weight is 698 g/mol. The molecule has 0 bridgehead atoms. The molecule has 0 unspecified atom stereocenters. The van der Waals surface area contributed by atoms with Crippen LogP contribution in [0, 0.1) is 11.8 Å². The van der Waals surface area contributed by atoms with Crippen molar-refractivity contribution in [2.75, 3.05) is 13.2 Å². The Labute approximate surface area is 263 Å². The summed E-state index contributed by atoms with van der Waals surface area (Å²) in [7, 11) is 0. The Morgan fingerprint density at radius 3 is 1.19 bits per heavy atom. The first-order valence-electron chi connectivity index (χ1n) is 13.6. The van der Waals surface area contributed by atoms with Crippen LogP contribution in [0.25, 0.3) is 11.1 Å². The van der Waals surface area contributed by atoms with Crippen LogP contribution in [0.2, 0.25) is 0 Å². The van der Waals surface area contributed by atoms with E-state index >= 15 is 0 Å². The Hall–Kier alpha value is -3.36. The molecule has 0 spiro atoms. The second-order valence-electron chi connectivity index (χ2n) is 9.93. The minimum Gasteiger partial charge on any atom is -0.463 e. The van der Waals surface area contributed by atoms with Gasteiger partial charge in [-0.15, -0.1) is 0 Å². The van der Waals surface area contributed by atoms with E-state index < -0.39 is 23.8 Å². The lowest BCUT2D eigenvalue weighted by Gasteiger charge is -2.16. The zero-order valence-corrected chi connectivity index (χ0v) is 27.7. The van der Waals surface area contributed by atoms with E-state index in [0.717, 1.165) is 42.4 Å². The van der Waals surface area contributed by atoms with Crippen LogP contribution in [-0.4, -0.2) is 36.7 Å². The van der Waals surface area contributed by atoms with Crippen molar-refractivity contribution in [3.8, 4) is 0 Å². The molecule has 0 aromatic heterocycles. The number of hydrogen-bond acceptors (Lipinski definition) is 6. The minimum atomic E-state index is -0.537. The fraction of sp³-hybridized carbons (Fsp3) is 0.294.